The van der Waals surface area contributed by atoms with Gasteiger partial charge in [-0.25, -0.2) is 9.36 Å². The van der Waals surface area contributed by atoms with Crippen LogP contribution in [0.3, 0.4) is 0 Å². The maximum Gasteiger partial charge on any atom is 0.249 e. The number of hydrogen-bond acceptors (Lipinski definition) is 3. The van der Waals surface area contributed by atoms with Crippen LogP contribution < -0.4 is 0 Å². The molecule has 1 aromatic carbocycles. The van der Waals surface area contributed by atoms with E-state index in [2.05, 4.69) is 51.6 Å². The van der Waals surface area contributed by atoms with Crippen molar-refractivity contribution in [3.63, 3.8) is 0 Å². The third-order valence-corrected chi connectivity index (χ3v) is 5.21. The predicted octanol–water partition coefficient (Wildman–Crippen LogP) is 5.01. The van der Waals surface area contributed by atoms with Crippen LogP contribution in [-0.4, -0.2) is 24.5 Å². The fourth-order valence-corrected chi connectivity index (χ4v) is 2.94. The summed E-state index contributed by atoms with van der Waals surface area (Å²) in [6, 6.07) is 5.40. The second kappa shape index (κ2) is 7.01. The van der Waals surface area contributed by atoms with Gasteiger partial charge in [0.25, 0.3) is 0 Å². The molecule has 2 aromatic heterocycles. The number of benzene rings is 1. The van der Waals surface area contributed by atoms with Crippen molar-refractivity contribution in [2.45, 2.75) is 27.3 Å². The summed E-state index contributed by atoms with van der Waals surface area (Å²) in [6.07, 6.45) is 1.95. The molecule has 0 fully saturated rings. The largest absolute Gasteiger partial charge is 0.249 e. The van der Waals surface area contributed by atoms with E-state index in [1.807, 2.05) is 23.9 Å². The molecule has 0 atom stereocenters. The van der Waals surface area contributed by atoms with Gasteiger partial charge < -0.3 is 0 Å². The summed E-state index contributed by atoms with van der Waals surface area (Å²) in [5, 5.41) is 10.2. The Morgan fingerprint density at radius 3 is 2.50 bits per heavy atom. The SMILES string of the molecule is Cc1nn(-c2nc(-c3ccc(Cl)c(Cl)c3)nn2CC(C)C)cc1I. The molecule has 5 nitrogen and oxygen atoms in total. The van der Waals surface area contributed by atoms with Gasteiger partial charge in [-0.2, -0.15) is 10.1 Å². The first-order chi connectivity index (χ1) is 11.3. The molecule has 0 aliphatic carbocycles. The van der Waals surface area contributed by atoms with E-state index in [1.54, 1.807) is 16.8 Å². The molecule has 8 heteroatoms. The minimum Gasteiger partial charge on any atom is -0.229 e. The number of rotatable bonds is 4. The molecule has 3 rings (SSSR count). The Hall–Kier alpha value is -1.12. The fourth-order valence-electron chi connectivity index (χ4n) is 2.27. The van der Waals surface area contributed by atoms with Crippen molar-refractivity contribution in [3.05, 3.63) is 43.7 Å². The third kappa shape index (κ3) is 3.60. The van der Waals surface area contributed by atoms with Gasteiger partial charge in [0.15, 0.2) is 5.82 Å². The van der Waals surface area contributed by atoms with Crippen LogP contribution in [-0.2, 0) is 6.54 Å². The van der Waals surface area contributed by atoms with E-state index >= 15 is 0 Å². The summed E-state index contributed by atoms with van der Waals surface area (Å²) in [7, 11) is 0. The Bertz CT molecular complexity index is 865. The zero-order valence-electron chi connectivity index (χ0n) is 13.5. The van der Waals surface area contributed by atoms with E-state index in [0.717, 1.165) is 21.4 Å². The molecule has 0 unspecified atom stereocenters. The first kappa shape index (κ1) is 17.7. The Morgan fingerprint density at radius 1 is 1.17 bits per heavy atom. The van der Waals surface area contributed by atoms with E-state index in [1.165, 1.54) is 0 Å². The lowest BCUT2D eigenvalue weighted by Crippen LogP contribution is -2.12. The van der Waals surface area contributed by atoms with Crippen LogP contribution in [0.4, 0.5) is 0 Å². The lowest BCUT2D eigenvalue weighted by atomic mass is 10.2. The van der Waals surface area contributed by atoms with Gasteiger partial charge in [0.1, 0.15) is 0 Å². The summed E-state index contributed by atoms with van der Waals surface area (Å²) in [5.74, 6) is 1.73. The van der Waals surface area contributed by atoms with Crippen LogP contribution in [0.15, 0.2) is 24.4 Å². The second-order valence-corrected chi connectivity index (χ2v) is 7.92. The standard InChI is InChI=1S/C16H16Cl2IN5/c1-9(2)7-23-16(24-8-14(19)10(3)21-24)20-15(22-23)11-4-5-12(17)13(18)6-11/h4-6,8-9H,7H2,1-3H3. The molecule has 0 amide bonds. The molecule has 2 heterocycles. The van der Waals surface area contributed by atoms with Gasteiger partial charge >= 0.3 is 0 Å². The molecule has 24 heavy (non-hydrogen) atoms. The van der Waals surface area contributed by atoms with Crippen molar-refractivity contribution in [2.24, 2.45) is 5.92 Å². The molecular weight excluding hydrogens is 460 g/mol. The monoisotopic (exact) mass is 475 g/mol. The Labute approximate surface area is 164 Å². The second-order valence-electron chi connectivity index (χ2n) is 5.95. The smallest absolute Gasteiger partial charge is 0.229 e. The quantitative estimate of drug-likeness (QED) is 0.498. The molecule has 3 aromatic rings. The maximum atomic E-state index is 6.12. The third-order valence-electron chi connectivity index (χ3n) is 3.41. The Morgan fingerprint density at radius 2 is 1.92 bits per heavy atom. The molecule has 0 saturated heterocycles. The lowest BCUT2D eigenvalue weighted by molar-refractivity contribution is 0.471. The minimum absolute atomic E-state index is 0.433. The van der Waals surface area contributed by atoms with Crippen LogP contribution >= 0.6 is 45.8 Å². The number of halogens is 3. The van der Waals surface area contributed by atoms with Gasteiger partial charge in [-0.15, -0.1) is 5.10 Å². The normalized spacial score (nSPS) is 11.5. The van der Waals surface area contributed by atoms with E-state index in [0.29, 0.717) is 27.7 Å². The summed E-state index contributed by atoms with van der Waals surface area (Å²) in [4.78, 5) is 4.68. The van der Waals surface area contributed by atoms with Gasteiger partial charge in [-0.1, -0.05) is 37.0 Å². The highest BCUT2D eigenvalue weighted by atomic mass is 127. The highest BCUT2D eigenvalue weighted by Gasteiger charge is 2.17. The van der Waals surface area contributed by atoms with Crippen molar-refractivity contribution < 1.29 is 0 Å². The molecule has 0 spiro atoms. The van der Waals surface area contributed by atoms with E-state index < -0.39 is 0 Å². The molecule has 0 saturated carbocycles. The molecule has 0 aliphatic rings. The van der Waals surface area contributed by atoms with Crippen LogP contribution in [0.2, 0.25) is 10.0 Å². The molecule has 0 N–H and O–H groups in total. The van der Waals surface area contributed by atoms with Gasteiger partial charge in [0.2, 0.25) is 5.95 Å². The lowest BCUT2D eigenvalue weighted by Gasteiger charge is -2.07. The van der Waals surface area contributed by atoms with Crippen LogP contribution in [0, 0.1) is 16.4 Å². The molecule has 126 valence electrons. The van der Waals surface area contributed by atoms with E-state index in [-0.39, 0.29) is 0 Å². The molecule has 0 bridgehead atoms. The van der Waals surface area contributed by atoms with Crippen molar-refractivity contribution in [3.8, 4) is 17.3 Å². The van der Waals surface area contributed by atoms with Crippen LogP contribution in [0.5, 0.6) is 0 Å². The predicted molar refractivity (Wildman–Crippen MR) is 105 cm³/mol. The zero-order valence-corrected chi connectivity index (χ0v) is 17.1. The molecular formula is C16H16Cl2IN5. The number of aryl methyl sites for hydroxylation is 1. The van der Waals surface area contributed by atoms with E-state index in [9.17, 15) is 0 Å². The highest BCUT2D eigenvalue weighted by Crippen LogP contribution is 2.27. The van der Waals surface area contributed by atoms with Gasteiger partial charge in [0.05, 0.1) is 19.3 Å². The van der Waals surface area contributed by atoms with Crippen molar-refractivity contribution in [1.29, 1.82) is 0 Å². The first-order valence-electron chi connectivity index (χ1n) is 7.47. The Balaban J connectivity index is 2.10. The van der Waals surface area contributed by atoms with Crippen LogP contribution in [0.25, 0.3) is 17.3 Å². The van der Waals surface area contributed by atoms with Crippen molar-refractivity contribution in [2.75, 3.05) is 0 Å². The van der Waals surface area contributed by atoms with E-state index in [4.69, 9.17) is 23.2 Å². The summed E-state index contributed by atoms with van der Waals surface area (Å²) < 4.78 is 4.74. The average Bonchev–Trinajstić information content (AvgIpc) is 3.06. The summed E-state index contributed by atoms with van der Waals surface area (Å²) in [6.45, 7) is 7.01. The number of aromatic nitrogens is 5. The fraction of sp³-hybridized carbons (Fsp3) is 0.312. The maximum absolute atomic E-state index is 6.12. The average molecular weight is 476 g/mol. The minimum atomic E-state index is 0.433. The molecule has 0 radical (unpaired) electrons. The first-order valence-corrected chi connectivity index (χ1v) is 9.31. The van der Waals surface area contributed by atoms with Gasteiger partial charge in [-0.3, -0.25) is 0 Å². The number of hydrogen-bond donors (Lipinski definition) is 0. The summed E-state index contributed by atoms with van der Waals surface area (Å²) in [5.41, 5.74) is 1.79. The van der Waals surface area contributed by atoms with Crippen molar-refractivity contribution >= 4 is 45.8 Å². The summed E-state index contributed by atoms with van der Waals surface area (Å²) >= 11 is 14.4. The number of nitrogens with zero attached hydrogens (tertiary/aromatic N) is 5. The van der Waals surface area contributed by atoms with Crippen LogP contribution in [0.1, 0.15) is 19.5 Å². The van der Waals surface area contributed by atoms with Crippen molar-refractivity contribution in [1.82, 2.24) is 24.5 Å². The Kier molecular flexibility index (Phi) is 5.17. The molecule has 0 aliphatic heterocycles. The topological polar surface area (TPSA) is 48.5 Å². The van der Waals surface area contributed by atoms with Gasteiger partial charge in [-0.05, 0) is 53.6 Å². The highest BCUT2D eigenvalue weighted by molar-refractivity contribution is 14.1. The zero-order chi connectivity index (χ0) is 17.4. The van der Waals surface area contributed by atoms with Gasteiger partial charge in [0, 0.05) is 18.3 Å².